The molecule has 1 aliphatic rings. The Labute approximate surface area is 107 Å². The monoisotopic (exact) mass is 252 g/mol. The van der Waals surface area contributed by atoms with Crippen LogP contribution in [0.1, 0.15) is 32.4 Å². The van der Waals surface area contributed by atoms with Gasteiger partial charge in [0.15, 0.2) is 5.00 Å². The number of β-lactam (4-membered cyclic amide) rings is 1. The van der Waals surface area contributed by atoms with E-state index in [2.05, 4.69) is 0 Å². The molecule has 0 saturated carbocycles. The lowest BCUT2D eigenvalue weighted by atomic mass is 9.83. The van der Waals surface area contributed by atoms with E-state index in [0.717, 1.165) is 5.56 Å². The first kappa shape index (κ1) is 12.4. The van der Waals surface area contributed by atoms with E-state index in [1.807, 2.05) is 51.1 Å². The van der Waals surface area contributed by atoms with Crippen molar-refractivity contribution in [3.05, 3.63) is 35.9 Å². The number of carbonyl (C=O) groups excluding carboxylic acids is 1. The molecule has 0 unspecified atom stereocenters. The molecule has 92 valence electrons. The smallest absolute Gasteiger partial charge is 0.261 e. The lowest BCUT2D eigenvalue weighted by Gasteiger charge is -2.56. The van der Waals surface area contributed by atoms with Gasteiger partial charge in [-0.25, -0.2) is 0 Å². The van der Waals surface area contributed by atoms with Crippen LogP contribution in [-0.4, -0.2) is 21.3 Å². The minimum Gasteiger partial charge on any atom is -0.324 e. The summed E-state index contributed by atoms with van der Waals surface area (Å²) in [5, 5.41) is 0. The van der Waals surface area contributed by atoms with Crippen molar-refractivity contribution in [1.82, 2.24) is 4.90 Å². The number of hydrogen-bond acceptors (Lipinski definition) is 2. The third-order valence-corrected chi connectivity index (χ3v) is 3.41. The number of alkyl halides is 1. The van der Waals surface area contributed by atoms with E-state index in [1.165, 1.54) is 0 Å². The first-order valence-electron chi connectivity index (χ1n) is 5.63. The quantitative estimate of drug-likeness (QED) is 0.473. The van der Waals surface area contributed by atoms with E-state index in [0.29, 0.717) is 0 Å². The third-order valence-electron chi connectivity index (χ3n) is 3.04. The molecule has 1 heterocycles. The first-order valence-corrected chi connectivity index (χ1v) is 6.00. The van der Waals surface area contributed by atoms with Crippen LogP contribution in [0.25, 0.3) is 0 Å². The topological polar surface area (TPSA) is 46.3 Å². The van der Waals surface area contributed by atoms with Crippen molar-refractivity contribution in [1.29, 1.82) is 0 Å². The Bertz CT molecular complexity index is 436. The van der Waals surface area contributed by atoms with Crippen molar-refractivity contribution in [2.45, 2.75) is 37.4 Å². The molecule has 0 bridgehead atoms. The molecule has 3 nitrogen and oxygen atoms in total. The average molecular weight is 253 g/mol. The molecule has 2 N–H and O–H groups in total. The van der Waals surface area contributed by atoms with Crippen molar-refractivity contribution in [3.63, 3.8) is 0 Å². The van der Waals surface area contributed by atoms with Crippen LogP contribution in [-0.2, 0) is 4.79 Å². The van der Waals surface area contributed by atoms with Crippen molar-refractivity contribution in [2.75, 3.05) is 0 Å². The summed E-state index contributed by atoms with van der Waals surface area (Å²) in [6.45, 7) is 5.94. The van der Waals surface area contributed by atoms with Crippen LogP contribution in [0, 0.1) is 0 Å². The number of likely N-dealkylation sites (tertiary alicyclic amines) is 1. The lowest BCUT2D eigenvalue weighted by Crippen LogP contribution is -2.74. The molecule has 0 spiro atoms. The minimum atomic E-state index is -1.31. The van der Waals surface area contributed by atoms with Gasteiger partial charge in [-0.05, 0) is 26.3 Å². The summed E-state index contributed by atoms with van der Waals surface area (Å²) < 4.78 is 0. The Kier molecular flexibility index (Phi) is 2.71. The molecule has 4 heteroatoms. The predicted molar refractivity (Wildman–Crippen MR) is 68.6 cm³/mol. The molecular formula is C13H17ClN2O. The summed E-state index contributed by atoms with van der Waals surface area (Å²) in [5.74, 6) is -0.208. The maximum absolute atomic E-state index is 12.0. The Morgan fingerprint density at radius 1 is 1.29 bits per heavy atom. The van der Waals surface area contributed by atoms with Gasteiger partial charge in [0.05, 0.1) is 6.04 Å². The fraction of sp³-hybridized carbons (Fsp3) is 0.462. The van der Waals surface area contributed by atoms with Crippen molar-refractivity contribution in [2.24, 2.45) is 5.73 Å². The zero-order valence-electron chi connectivity index (χ0n) is 10.3. The zero-order valence-corrected chi connectivity index (χ0v) is 11.0. The molecule has 2 atom stereocenters. The molecule has 1 aromatic carbocycles. The molecular weight excluding hydrogens is 236 g/mol. The average Bonchev–Trinajstić information content (AvgIpc) is 2.24. The molecule has 1 aliphatic heterocycles. The minimum absolute atomic E-state index is 0.208. The summed E-state index contributed by atoms with van der Waals surface area (Å²) >= 11 is 6.14. The van der Waals surface area contributed by atoms with Crippen LogP contribution >= 0.6 is 11.6 Å². The van der Waals surface area contributed by atoms with Crippen LogP contribution < -0.4 is 5.73 Å². The number of nitrogens with two attached hydrogens (primary N) is 1. The van der Waals surface area contributed by atoms with Gasteiger partial charge in [-0.15, -0.1) is 0 Å². The number of carbonyl (C=O) groups is 1. The Morgan fingerprint density at radius 2 is 1.82 bits per heavy atom. The Balaban J connectivity index is 2.41. The Morgan fingerprint density at radius 3 is 2.29 bits per heavy atom. The largest absolute Gasteiger partial charge is 0.324 e. The number of nitrogens with zero attached hydrogens (tertiary/aromatic N) is 1. The van der Waals surface area contributed by atoms with Crippen LogP contribution in [0.4, 0.5) is 0 Å². The maximum atomic E-state index is 12.0. The van der Waals surface area contributed by atoms with E-state index in [1.54, 1.807) is 4.90 Å². The van der Waals surface area contributed by atoms with E-state index >= 15 is 0 Å². The standard InChI is InChI=1S/C13H17ClN2O/c1-12(2,3)16-10(13(14,15)11(16)17)9-7-5-4-6-8-9/h4-8,10H,15H2,1-3H3/t10-,13-/m0/s1. The second-order valence-electron chi connectivity index (χ2n) is 5.43. The van der Waals surface area contributed by atoms with Gasteiger partial charge in [-0.3, -0.25) is 4.79 Å². The van der Waals surface area contributed by atoms with Crippen LogP contribution in [0.15, 0.2) is 30.3 Å². The van der Waals surface area contributed by atoms with Crippen LogP contribution in [0.3, 0.4) is 0 Å². The molecule has 0 aromatic heterocycles. The summed E-state index contributed by atoms with van der Waals surface area (Å²) in [7, 11) is 0. The van der Waals surface area contributed by atoms with Gasteiger partial charge in [0.25, 0.3) is 5.91 Å². The van der Waals surface area contributed by atoms with E-state index in [9.17, 15) is 4.79 Å². The van der Waals surface area contributed by atoms with E-state index in [4.69, 9.17) is 17.3 Å². The number of amides is 1. The highest BCUT2D eigenvalue weighted by molar-refractivity contribution is 6.37. The van der Waals surface area contributed by atoms with Crippen molar-refractivity contribution in [3.8, 4) is 0 Å². The number of halogens is 1. The van der Waals surface area contributed by atoms with Gasteiger partial charge in [0, 0.05) is 5.54 Å². The van der Waals surface area contributed by atoms with Gasteiger partial charge in [-0.2, -0.15) is 0 Å². The first-order chi connectivity index (χ1) is 7.76. The summed E-state index contributed by atoms with van der Waals surface area (Å²) in [6.07, 6.45) is 0. The summed E-state index contributed by atoms with van der Waals surface area (Å²) in [5.41, 5.74) is 6.59. The highest BCUT2D eigenvalue weighted by Gasteiger charge is 2.61. The zero-order chi connectivity index (χ0) is 12.8. The number of benzene rings is 1. The molecule has 2 rings (SSSR count). The van der Waals surface area contributed by atoms with Gasteiger partial charge < -0.3 is 10.6 Å². The second kappa shape index (κ2) is 3.72. The molecule has 0 radical (unpaired) electrons. The predicted octanol–water partition coefficient (Wildman–Crippen LogP) is 2.26. The van der Waals surface area contributed by atoms with Gasteiger partial charge in [0.2, 0.25) is 0 Å². The highest BCUT2D eigenvalue weighted by Crippen LogP contribution is 2.48. The van der Waals surface area contributed by atoms with Crippen molar-refractivity contribution >= 4 is 17.5 Å². The summed E-state index contributed by atoms with van der Waals surface area (Å²) in [6, 6.07) is 9.40. The molecule has 17 heavy (non-hydrogen) atoms. The molecule has 1 saturated heterocycles. The fourth-order valence-electron chi connectivity index (χ4n) is 2.26. The normalized spacial score (nSPS) is 29.1. The third kappa shape index (κ3) is 1.83. The highest BCUT2D eigenvalue weighted by atomic mass is 35.5. The number of hydrogen-bond donors (Lipinski definition) is 1. The number of rotatable bonds is 1. The molecule has 1 fully saturated rings. The van der Waals surface area contributed by atoms with Gasteiger partial charge >= 0.3 is 0 Å². The lowest BCUT2D eigenvalue weighted by molar-refractivity contribution is -0.162. The molecule has 1 aromatic rings. The summed E-state index contributed by atoms with van der Waals surface area (Å²) in [4.78, 5) is 12.4. The van der Waals surface area contributed by atoms with E-state index < -0.39 is 5.00 Å². The molecule has 1 amide bonds. The SMILES string of the molecule is CC(C)(C)N1C(=O)[C@](N)(Cl)[C@@H]1c1ccccc1. The van der Waals surface area contributed by atoms with Crippen LogP contribution in [0.5, 0.6) is 0 Å². The molecule has 0 aliphatic carbocycles. The fourth-order valence-corrected chi connectivity index (χ4v) is 2.57. The van der Waals surface area contributed by atoms with Gasteiger partial charge in [0.1, 0.15) is 0 Å². The van der Waals surface area contributed by atoms with E-state index in [-0.39, 0.29) is 17.5 Å². The maximum Gasteiger partial charge on any atom is 0.261 e. The van der Waals surface area contributed by atoms with Crippen molar-refractivity contribution < 1.29 is 4.79 Å². The van der Waals surface area contributed by atoms with Crippen LogP contribution in [0.2, 0.25) is 0 Å². The van der Waals surface area contributed by atoms with Gasteiger partial charge in [-0.1, -0.05) is 41.9 Å². The second-order valence-corrected chi connectivity index (χ2v) is 6.05. The Hall–Kier alpha value is -1.06.